The number of ether oxygens (including phenoxy) is 1. The number of aromatic nitrogens is 1. The van der Waals surface area contributed by atoms with Crippen molar-refractivity contribution in [2.24, 2.45) is 7.05 Å². The number of carbonyl (C=O) groups excluding carboxylic acids is 1. The van der Waals surface area contributed by atoms with E-state index in [1.165, 1.54) is 29.8 Å². The molecule has 27 heavy (non-hydrogen) atoms. The van der Waals surface area contributed by atoms with E-state index in [0.29, 0.717) is 31.8 Å². The van der Waals surface area contributed by atoms with Gasteiger partial charge < -0.3 is 14.5 Å². The molecule has 0 saturated carbocycles. The highest BCUT2D eigenvalue weighted by Crippen LogP contribution is 2.17. The molecule has 1 aliphatic heterocycles. The number of fused-ring (bicyclic) bond motifs is 1. The van der Waals surface area contributed by atoms with Gasteiger partial charge in [-0.25, -0.2) is 17.9 Å². The van der Waals surface area contributed by atoms with Crippen LogP contribution >= 0.6 is 0 Å². The number of rotatable bonds is 7. The van der Waals surface area contributed by atoms with Crippen molar-refractivity contribution in [3.63, 3.8) is 0 Å². The van der Waals surface area contributed by atoms with Gasteiger partial charge in [-0.1, -0.05) is 0 Å². The standard InChI is InChI=1S/C16H22N4O6S/c1-19-13-3-2-12(10-14(13)26-16(19)22)27(23,24)18-11-15(21)17-4-5-20-6-8-25-9-7-20/h2-3,10,18H,4-9,11H2,1H3,(H,17,21). The monoisotopic (exact) mass is 398 g/mol. The first-order valence-electron chi connectivity index (χ1n) is 8.53. The third-order valence-corrected chi connectivity index (χ3v) is 5.75. The van der Waals surface area contributed by atoms with Crippen molar-refractivity contribution in [1.82, 2.24) is 19.5 Å². The number of hydrogen-bond donors (Lipinski definition) is 2. The number of morpholine rings is 1. The summed E-state index contributed by atoms with van der Waals surface area (Å²) in [7, 11) is -2.38. The Bertz CT molecular complexity index is 974. The molecule has 11 heteroatoms. The Morgan fingerprint density at radius 1 is 1.26 bits per heavy atom. The van der Waals surface area contributed by atoms with Crippen molar-refractivity contribution in [1.29, 1.82) is 0 Å². The van der Waals surface area contributed by atoms with E-state index in [0.717, 1.165) is 13.1 Å². The molecule has 148 valence electrons. The van der Waals surface area contributed by atoms with Crippen molar-refractivity contribution in [2.45, 2.75) is 4.90 Å². The second-order valence-corrected chi connectivity index (χ2v) is 7.95. The smallest absolute Gasteiger partial charge is 0.408 e. The fraction of sp³-hybridized carbons (Fsp3) is 0.500. The number of aryl methyl sites for hydroxylation is 1. The molecular formula is C16H22N4O6S. The molecule has 1 amide bonds. The van der Waals surface area contributed by atoms with Gasteiger partial charge in [-0.3, -0.25) is 14.3 Å². The summed E-state index contributed by atoms with van der Waals surface area (Å²) < 4.78 is 38.5. The number of sulfonamides is 1. The highest BCUT2D eigenvalue weighted by molar-refractivity contribution is 7.89. The molecule has 0 spiro atoms. The van der Waals surface area contributed by atoms with Gasteiger partial charge in [0, 0.05) is 39.3 Å². The number of nitrogens with zero attached hydrogens (tertiary/aromatic N) is 2. The van der Waals surface area contributed by atoms with Crippen molar-refractivity contribution < 1.29 is 22.4 Å². The van der Waals surface area contributed by atoms with Crippen LogP contribution in [-0.4, -0.2) is 69.7 Å². The van der Waals surface area contributed by atoms with Gasteiger partial charge in [0.2, 0.25) is 15.9 Å². The van der Waals surface area contributed by atoms with Gasteiger partial charge in [-0.2, -0.15) is 0 Å². The molecule has 2 heterocycles. The maximum absolute atomic E-state index is 12.4. The maximum atomic E-state index is 12.4. The summed E-state index contributed by atoms with van der Waals surface area (Å²) >= 11 is 0. The average Bonchev–Trinajstić information content (AvgIpc) is 2.94. The fourth-order valence-corrected chi connectivity index (χ4v) is 3.76. The first-order chi connectivity index (χ1) is 12.9. The molecule has 2 N–H and O–H groups in total. The van der Waals surface area contributed by atoms with Crippen LogP contribution in [0, 0.1) is 0 Å². The lowest BCUT2D eigenvalue weighted by Crippen LogP contribution is -2.43. The first-order valence-corrected chi connectivity index (χ1v) is 10.0. The first kappa shape index (κ1) is 19.5. The van der Waals surface area contributed by atoms with Gasteiger partial charge in [0.15, 0.2) is 5.58 Å². The molecule has 0 atom stereocenters. The van der Waals surface area contributed by atoms with E-state index < -0.39 is 21.7 Å². The lowest BCUT2D eigenvalue weighted by Gasteiger charge is -2.26. The molecular weight excluding hydrogens is 376 g/mol. The van der Waals surface area contributed by atoms with Gasteiger partial charge in [0.25, 0.3) is 0 Å². The zero-order chi connectivity index (χ0) is 19.4. The molecule has 1 fully saturated rings. The highest BCUT2D eigenvalue weighted by Gasteiger charge is 2.18. The van der Waals surface area contributed by atoms with Crippen LogP contribution in [0.5, 0.6) is 0 Å². The highest BCUT2D eigenvalue weighted by atomic mass is 32.2. The minimum Gasteiger partial charge on any atom is -0.408 e. The summed E-state index contributed by atoms with van der Waals surface area (Å²) in [5.41, 5.74) is 0.653. The Balaban J connectivity index is 1.53. The Morgan fingerprint density at radius 2 is 2.00 bits per heavy atom. The van der Waals surface area contributed by atoms with E-state index in [1.54, 1.807) is 0 Å². The number of nitrogens with one attached hydrogen (secondary N) is 2. The summed E-state index contributed by atoms with van der Waals surface area (Å²) in [5.74, 6) is -0.994. The maximum Gasteiger partial charge on any atom is 0.419 e. The molecule has 0 radical (unpaired) electrons. The number of benzene rings is 1. The Morgan fingerprint density at radius 3 is 2.74 bits per heavy atom. The van der Waals surface area contributed by atoms with E-state index in [9.17, 15) is 18.0 Å². The van der Waals surface area contributed by atoms with E-state index in [1.807, 2.05) is 0 Å². The molecule has 1 saturated heterocycles. The SMILES string of the molecule is Cn1c(=O)oc2cc(S(=O)(=O)NCC(=O)NCCN3CCOCC3)ccc21. The molecule has 1 aromatic heterocycles. The summed E-state index contributed by atoms with van der Waals surface area (Å²) in [5, 5.41) is 2.68. The molecule has 0 bridgehead atoms. The minimum atomic E-state index is -3.90. The predicted molar refractivity (Wildman–Crippen MR) is 96.9 cm³/mol. The van der Waals surface area contributed by atoms with Crippen molar-refractivity contribution in [3.05, 3.63) is 28.7 Å². The van der Waals surface area contributed by atoms with Crippen molar-refractivity contribution in [3.8, 4) is 0 Å². The summed E-state index contributed by atoms with van der Waals surface area (Å²) in [6.45, 7) is 3.75. The molecule has 1 aliphatic rings. The van der Waals surface area contributed by atoms with Gasteiger partial charge in [0.05, 0.1) is 30.2 Å². The number of oxazole rings is 1. The van der Waals surface area contributed by atoms with E-state index in [4.69, 9.17) is 9.15 Å². The molecule has 0 unspecified atom stereocenters. The zero-order valence-corrected chi connectivity index (χ0v) is 15.8. The van der Waals surface area contributed by atoms with Crippen LogP contribution in [0.25, 0.3) is 11.1 Å². The number of hydrogen-bond acceptors (Lipinski definition) is 7. The van der Waals surface area contributed by atoms with Crippen LogP contribution in [0.4, 0.5) is 0 Å². The van der Waals surface area contributed by atoms with Crippen molar-refractivity contribution >= 4 is 27.0 Å². The molecule has 1 aromatic carbocycles. The van der Waals surface area contributed by atoms with E-state index >= 15 is 0 Å². The van der Waals surface area contributed by atoms with Gasteiger partial charge in [-0.15, -0.1) is 0 Å². The predicted octanol–water partition coefficient (Wildman–Crippen LogP) is -1.14. The largest absolute Gasteiger partial charge is 0.419 e. The third kappa shape index (κ3) is 4.75. The van der Waals surface area contributed by atoms with Crippen LogP contribution in [0.2, 0.25) is 0 Å². The van der Waals surface area contributed by atoms with Gasteiger partial charge in [-0.05, 0) is 12.1 Å². The Kier molecular flexibility index (Phi) is 5.95. The van der Waals surface area contributed by atoms with E-state index in [2.05, 4.69) is 14.9 Å². The third-order valence-electron chi connectivity index (χ3n) is 4.35. The molecule has 10 nitrogen and oxygen atoms in total. The molecule has 3 rings (SSSR count). The molecule has 0 aliphatic carbocycles. The summed E-state index contributed by atoms with van der Waals surface area (Å²) in [4.78, 5) is 25.5. The second-order valence-electron chi connectivity index (χ2n) is 6.19. The molecule has 2 aromatic rings. The fourth-order valence-electron chi connectivity index (χ4n) is 2.77. The minimum absolute atomic E-state index is 0.0783. The lowest BCUT2D eigenvalue weighted by atomic mass is 10.3. The average molecular weight is 398 g/mol. The van der Waals surface area contributed by atoms with Crippen LogP contribution in [-0.2, 0) is 26.6 Å². The van der Waals surface area contributed by atoms with Crippen LogP contribution in [0.3, 0.4) is 0 Å². The van der Waals surface area contributed by atoms with Gasteiger partial charge >= 0.3 is 5.76 Å². The lowest BCUT2D eigenvalue weighted by molar-refractivity contribution is -0.120. The van der Waals surface area contributed by atoms with Crippen molar-refractivity contribution in [2.75, 3.05) is 45.9 Å². The van der Waals surface area contributed by atoms with Crippen LogP contribution in [0.1, 0.15) is 0 Å². The van der Waals surface area contributed by atoms with E-state index in [-0.39, 0.29) is 17.0 Å². The Labute approximate surface area is 156 Å². The van der Waals surface area contributed by atoms with Crippen LogP contribution < -0.4 is 15.8 Å². The number of carbonyl (C=O) groups is 1. The summed E-state index contributed by atoms with van der Waals surface area (Å²) in [6.07, 6.45) is 0. The quantitative estimate of drug-likeness (QED) is 0.604. The Hall–Kier alpha value is -2.21. The second kappa shape index (κ2) is 8.21. The summed E-state index contributed by atoms with van der Waals surface area (Å²) in [6, 6.07) is 4.10. The topological polar surface area (TPSA) is 123 Å². The number of amides is 1. The van der Waals surface area contributed by atoms with Gasteiger partial charge in [0.1, 0.15) is 0 Å². The van der Waals surface area contributed by atoms with Crippen LogP contribution in [0.15, 0.2) is 32.3 Å². The zero-order valence-electron chi connectivity index (χ0n) is 14.9. The normalized spacial score (nSPS) is 15.9.